The first-order valence-electron chi connectivity index (χ1n) is 3.84. The second-order valence-electron chi connectivity index (χ2n) is 2.24. The Kier molecular flexibility index (Phi) is 11.1. The van der Waals surface area contributed by atoms with E-state index < -0.39 is 34.3 Å². The highest BCUT2D eigenvalue weighted by molar-refractivity contribution is 8.14. The second-order valence-corrected chi connectivity index (χ2v) is 4.42. The van der Waals surface area contributed by atoms with E-state index >= 15 is 0 Å². The number of halogens is 6. The fourth-order valence-corrected chi connectivity index (χ4v) is 0.974. The zero-order chi connectivity index (χ0) is 14.9. The summed E-state index contributed by atoms with van der Waals surface area (Å²) in [4.78, 5) is 19.5. The van der Waals surface area contributed by atoms with Gasteiger partial charge >= 0.3 is 0 Å². The maximum absolute atomic E-state index is 11.7. The van der Waals surface area contributed by atoms with Crippen LogP contribution in [0.15, 0.2) is 0 Å². The highest BCUT2D eigenvalue weighted by atomic mass is 32.2. The molecule has 0 aliphatic heterocycles. The average Bonchev–Trinajstić information content (AvgIpc) is 2.16. The Balaban J connectivity index is 0. The Hall–Kier alpha value is -0.780. The number of alkyl halides is 6. The van der Waals surface area contributed by atoms with Gasteiger partial charge in [0.15, 0.2) is 0 Å². The summed E-state index contributed by atoms with van der Waals surface area (Å²) in [6, 6.07) is 0. The van der Waals surface area contributed by atoms with Crippen molar-refractivity contribution in [2.75, 3.05) is 0 Å². The predicted molar refractivity (Wildman–Crippen MR) is 56.1 cm³/mol. The fraction of sp³-hybridized carbons (Fsp3) is 0.667. The lowest BCUT2D eigenvalue weighted by atomic mass is 10.8. The van der Waals surface area contributed by atoms with Gasteiger partial charge in [0.05, 0.1) is 0 Å². The molecule has 0 saturated heterocycles. The van der Waals surface area contributed by atoms with Crippen LogP contribution in [0.4, 0.5) is 35.9 Å². The summed E-state index contributed by atoms with van der Waals surface area (Å²) in [7, 11) is 0. The van der Waals surface area contributed by atoms with Gasteiger partial charge in [-0.25, -0.2) is 26.3 Å². The van der Waals surface area contributed by atoms with Crippen LogP contribution in [0.25, 0.3) is 0 Å². The standard InChI is InChI=1S/2C3H4F3NOS/c2*4-1(5)2(6)9-3(7)8/h2*1-2H,(H2,7,8). The van der Waals surface area contributed by atoms with Crippen LogP contribution in [-0.2, 0) is 0 Å². The van der Waals surface area contributed by atoms with Gasteiger partial charge in [-0.1, -0.05) is 0 Å². The number of rotatable bonds is 4. The maximum atomic E-state index is 11.7. The zero-order valence-electron chi connectivity index (χ0n) is 8.36. The van der Waals surface area contributed by atoms with E-state index in [4.69, 9.17) is 0 Å². The van der Waals surface area contributed by atoms with Crippen LogP contribution in [0.3, 0.4) is 0 Å². The van der Waals surface area contributed by atoms with Gasteiger partial charge in [0.25, 0.3) is 23.3 Å². The van der Waals surface area contributed by atoms with E-state index in [1.807, 2.05) is 0 Å². The van der Waals surface area contributed by atoms with Gasteiger partial charge in [-0.2, -0.15) is 0 Å². The van der Waals surface area contributed by atoms with Crippen LogP contribution >= 0.6 is 23.5 Å². The van der Waals surface area contributed by atoms with E-state index in [1.165, 1.54) is 0 Å². The molecule has 0 radical (unpaired) electrons. The van der Waals surface area contributed by atoms with E-state index in [0.29, 0.717) is 0 Å². The molecule has 0 aromatic rings. The predicted octanol–water partition coefficient (Wildman–Crippen LogP) is 2.72. The Bertz CT molecular complexity index is 244. The summed E-state index contributed by atoms with van der Waals surface area (Å²) in [5, 5.41) is -2.27. The van der Waals surface area contributed by atoms with Gasteiger partial charge in [-0.3, -0.25) is 9.59 Å². The van der Waals surface area contributed by atoms with Gasteiger partial charge in [-0.15, -0.1) is 0 Å². The van der Waals surface area contributed by atoms with Crippen LogP contribution in [-0.4, -0.2) is 34.3 Å². The third kappa shape index (κ3) is 13.3. The zero-order valence-corrected chi connectivity index (χ0v) is 10.00. The van der Waals surface area contributed by atoms with Gasteiger partial charge in [0, 0.05) is 0 Å². The van der Waals surface area contributed by atoms with Crippen LogP contribution in [0.1, 0.15) is 0 Å². The van der Waals surface area contributed by atoms with Crippen molar-refractivity contribution in [3.8, 4) is 0 Å². The van der Waals surface area contributed by atoms with Crippen molar-refractivity contribution in [2.24, 2.45) is 11.5 Å². The number of carbonyl (C=O) groups is 2. The summed E-state index contributed by atoms with van der Waals surface area (Å²) in [6.07, 6.45) is -6.30. The number of amides is 2. The van der Waals surface area contributed by atoms with Gasteiger partial charge in [0.1, 0.15) is 0 Å². The average molecular weight is 318 g/mol. The van der Waals surface area contributed by atoms with Gasteiger partial charge in [0.2, 0.25) is 11.0 Å². The van der Waals surface area contributed by atoms with E-state index in [2.05, 4.69) is 11.5 Å². The summed E-state index contributed by atoms with van der Waals surface area (Å²) in [5.74, 6) is 0. The minimum absolute atomic E-state index is 0.215. The molecule has 0 aliphatic rings. The Labute approximate surface area is 106 Å². The molecule has 0 aliphatic carbocycles. The quantitative estimate of drug-likeness (QED) is 0.780. The molecule has 0 bridgehead atoms. The normalized spacial score (nSPS) is 13.8. The van der Waals surface area contributed by atoms with Crippen molar-refractivity contribution < 1.29 is 35.9 Å². The SMILES string of the molecule is NC(=O)SC(F)C(F)F.NC(=O)SC(F)C(F)F. The first-order valence-corrected chi connectivity index (χ1v) is 5.60. The lowest BCUT2D eigenvalue weighted by Gasteiger charge is -2.00. The number of hydrogen-bond donors (Lipinski definition) is 2. The van der Waals surface area contributed by atoms with Crippen LogP contribution in [0, 0.1) is 0 Å². The first kappa shape index (κ1) is 19.6. The van der Waals surface area contributed by atoms with Gasteiger partial charge in [-0.05, 0) is 23.5 Å². The molecular weight excluding hydrogens is 310 g/mol. The van der Waals surface area contributed by atoms with E-state index in [-0.39, 0.29) is 23.5 Å². The molecule has 0 aromatic carbocycles. The highest BCUT2D eigenvalue weighted by Crippen LogP contribution is 2.19. The smallest absolute Gasteiger partial charge is 0.279 e. The molecule has 0 fully saturated rings. The molecule has 0 aromatic heterocycles. The number of primary amides is 2. The number of thioether (sulfide) groups is 2. The molecular formula is C6H8F6N2O2S2. The third-order valence-electron chi connectivity index (χ3n) is 0.854. The largest absolute Gasteiger partial charge is 0.360 e. The molecule has 4 nitrogen and oxygen atoms in total. The van der Waals surface area contributed by atoms with E-state index in [9.17, 15) is 35.9 Å². The minimum atomic E-state index is -3.15. The summed E-state index contributed by atoms with van der Waals surface area (Å²) < 4.78 is 68.1. The molecule has 0 heterocycles. The molecule has 2 amide bonds. The maximum Gasteiger partial charge on any atom is 0.279 e. The highest BCUT2D eigenvalue weighted by Gasteiger charge is 2.22. The molecule has 0 spiro atoms. The topological polar surface area (TPSA) is 86.2 Å². The molecule has 2 unspecified atom stereocenters. The number of nitrogens with two attached hydrogens (primary N) is 2. The lowest BCUT2D eigenvalue weighted by molar-refractivity contribution is 0.0953. The number of hydrogen-bond acceptors (Lipinski definition) is 4. The Morgan fingerprint density at radius 3 is 1.00 bits per heavy atom. The van der Waals surface area contributed by atoms with Crippen molar-refractivity contribution in [1.82, 2.24) is 0 Å². The number of carbonyl (C=O) groups excluding carboxylic acids is 2. The van der Waals surface area contributed by atoms with Crippen LogP contribution < -0.4 is 11.5 Å². The minimum Gasteiger partial charge on any atom is -0.360 e. The van der Waals surface area contributed by atoms with Crippen molar-refractivity contribution in [3.63, 3.8) is 0 Å². The molecule has 0 saturated carbocycles. The molecule has 4 N–H and O–H groups in total. The lowest BCUT2D eigenvalue weighted by Crippen LogP contribution is -2.14. The monoisotopic (exact) mass is 318 g/mol. The Morgan fingerprint density at radius 1 is 0.722 bits per heavy atom. The van der Waals surface area contributed by atoms with Crippen molar-refractivity contribution in [3.05, 3.63) is 0 Å². The van der Waals surface area contributed by atoms with Gasteiger partial charge < -0.3 is 11.5 Å². The molecule has 12 heteroatoms. The molecule has 18 heavy (non-hydrogen) atoms. The molecule has 108 valence electrons. The summed E-state index contributed by atoms with van der Waals surface area (Å²) >= 11 is -0.431. The van der Waals surface area contributed by atoms with Crippen molar-refractivity contribution in [1.29, 1.82) is 0 Å². The third-order valence-corrected chi connectivity index (χ3v) is 2.18. The van der Waals surface area contributed by atoms with E-state index in [1.54, 1.807) is 0 Å². The van der Waals surface area contributed by atoms with Crippen LogP contribution in [0.2, 0.25) is 0 Å². The Morgan fingerprint density at radius 2 is 0.944 bits per heavy atom. The summed E-state index contributed by atoms with van der Waals surface area (Å²) in [5.41, 5.74) is 3.77. The molecule has 2 atom stereocenters. The first-order chi connectivity index (χ1) is 8.07. The molecule has 0 rings (SSSR count). The fourth-order valence-electron chi connectivity index (χ4n) is 0.325. The van der Waals surface area contributed by atoms with Crippen LogP contribution in [0.5, 0.6) is 0 Å². The second kappa shape index (κ2) is 10.2. The summed E-state index contributed by atoms with van der Waals surface area (Å²) in [6.45, 7) is 0. The van der Waals surface area contributed by atoms with Crippen molar-refractivity contribution >= 4 is 34.0 Å². The van der Waals surface area contributed by atoms with E-state index in [0.717, 1.165) is 0 Å². The van der Waals surface area contributed by atoms with Crippen molar-refractivity contribution in [2.45, 2.75) is 23.9 Å².